The molecule has 0 fully saturated rings. The topological polar surface area (TPSA) is 36.9 Å². The summed E-state index contributed by atoms with van der Waals surface area (Å²) in [4.78, 5) is 0. The second kappa shape index (κ2) is 14.2. The zero-order valence-electron chi connectivity index (χ0n) is 27.1. The van der Waals surface area contributed by atoms with Gasteiger partial charge in [0, 0.05) is 0 Å². The lowest BCUT2D eigenvalue weighted by atomic mass is 10.3. The predicted molar refractivity (Wildman–Crippen MR) is 200 cm³/mol. The molecule has 0 aliphatic heterocycles. The van der Waals surface area contributed by atoms with Crippen LogP contribution in [0.5, 0.6) is 0 Å². The van der Waals surface area contributed by atoms with Crippen molar-refractivity contribution in [3.05, 3.63) is 152 Å². The lowest BCUT2D eigenvalue weighted by Gasteiger charge is -2.46. The summed E-state index contributed by atoms with van der Waals surface area (Å²) >= 11 is 0. The molecular weight excluding hydrogens is 637 g/mol. The second-order valence-electron chi connectivity index (χ2n) is 12.4. The van der Waals surface area contributed by atoms with Crippen molar-refractivity contribution in [2.45, 2.75) is 39.3 Å². The summed E-state index contributed by atoms with van der Waals surface area (Å²) in [5, 5.41) is 5.61. The normalized spacial score (nSPS) is 12.8. The average molecular weight is 681 g/mol. The highest BCUT2D eigenvalue weighted by Crippen LogP contribution is 2.26. The molecule has 0 unspecified atom stereocenters. The first-order valence-corrected chi connectivity index (χ1v) is 27.8. The second-order valence-corrected chi connectivity index (χ2v) is 29.0. The van der Waals surface area contributed by atoms with Crippen LogP contribution in [0.1, 0.15) is 0 Å². The molecule has 232 valence electrons. The Bertz CT molecular complexity index is 1490. The maximum absolute atomic E-state index is 8.18. The van der Waals surface area contributed by atoms with E-state index >= 15 is 0 Å². The van der Waals surface area contributed by atoms with Gasteiger partial charge in [0.2, 0.25) is 0 Å². The van der Waals surface area contributed by atoms with Crippen LogP contribution in [0.3, 0.4) is 0 Å². The molecule has 5 aromatic rings. The first-order chi connectivity index (χ1) is 21.6. The van der Waals surface area contributed by atoms with Gasteiger partial charge in [0.1, 0.15) is 0 Å². The van der Waals surface area contributed by atoms with E-state index in [-0.39, 0.29) is 0 Å². The quantitative estimate of drug-likeness (QED) is 0.124. The Kier molecular flexibility index (Phi) is 10.5. The standard InChI is InChI=1S/C36H44O4Si5/c1-41(2)37-42(3,4)38-43(5,6)39-45(35-28-18-10-19-29-35,36-30-20-11-21-31-36)40-44(32-22-12-7-13-23-32,33-24-14-8-15-25-33)34-26-16-9-17-27-34/h7-31,41H,1-6H3. The zero-order valence-corrected chi connectivity index (χ0v) is 32.3. The molecule has 0 N–H and O–H groups in total. The van der Waals surface area contributed by atoms with Crippen LogP contribution < -0.4 is 25.9 Å². The van der Waals surface area contributed by atoms with E-state index in [4.69, 9.17) is 16.5 Å². The fourth-order valence-corrected chi connectivity index (χ4v) is 29.6. The summed E-state index contributed by atoms with van der Waals surface area (Å²) in [6.07, 6.45) is 0. The molecule has 4 nitrogen and oxygen atoms in total. The number of hydrogen-bond acceptors (Lipinski definition) is 4. The molecule has 5 rings (SSSR count). The van der Waals surface area contributed by atoms with Crippen LogP contribution in [-0.2, 0) is 16.5 Å². The Morgan fingerprint density at radius 2 is 0.689 bits per heavy atom. The Morgan fingerprint density at radius 1 is 0.378 bits per heavy atom. The van der Waals surface area contributed by atoms with Crippen LogP contribution in [0.25, 0.3) is 0 Å². The summed E-state index contributed by atoms with van der Waals surface area (Å²) in [7, 11) is -13.4. The molecule has 0 spiro atoms. The third kappa shape index (κ3) is 7.71. The number of hydrogen-bond donors (Lipinski definition) is 0. The van der Waals surface area contributed by atoms with Crippen molar-refractivity contribution in [3.8, 4) is 0 Å². The van der Waals surface area contributed by atoms with Gasteiger partial charge in [-0.05, 0) is 65.2 Å². The average Bonchev–Trinajstić information content (AvgIpc) is 3.04. The molecule has 0 amide bonds. The van der Waals surface area contributed by atoms with Gasteiger partial charge < -0.3 is 16.5 Å². The van der Waals surface area contributed by atoms with Crippen LogP contribution in [0.15, 0.2) is 152 Å². The first kappa shape index (κ1) is 33.4. The molecule has 0 aliphatic carbocycles. The lowest BCUT2D eigenvalue weighted by Crippen LogP contribution is -2.80. The van der Waals surface area contributed by atoms with Crippen LogP contribution in [0.4, 0.5) is 0 Å². The van der Waals surface area contributed by atoms with E-state index in [1.807, 2.05) is 0 Å². The minimum Gasteiger partial charge on any atom is -0.440 e. The summed E-state index contributed by atoms with van der Waals surface area (Å²) in [5.74, 6) is 0. The fraction of sp³-hybridized carbons (Fsp3) is 0.167. The van der Waals surface area contributed by atoms with Gasteiger partial charge in [0.05, 0.1) is 0 Å². The zero-order chi connectivity index (χ0) is 32.0. The third-order valence-electron chi connectivity index (χ3n) is 7.55. The summed E-state index contributed by atoms with van der Waals surface area (Å²) in [6, 6.07) is 53.4. The van der Waals surface area contributed by atoms with E-state index in [0.29, 0.717) is 0 Å². The number of benzene rings is 5. The molecule has 0 saturated carbocycles. The van der Waals surface area contributed by atoms with Gasteiger partial charge in [-0.25, -0.2) is 0 Å². The molecule has 0 atom stereocenters. The fourth-order valence-electron chi connectivity index (χ4n) is 6.20. The summed E-state index contributed by atoms with van der Waals surface area (Å²) < 4.78 is 29.4. The smallest absolute Gasteiger partial charge is 0.388 e. The van der Waals surface area contributed by atoms with E-state index in [0.717, 1.165) is 10.4 Å². The first-order valence-electron chi connectivity index (χ1n) is 15.6. The van der Waals surface area contributed by atoms with Crippen LogP contribution in [-0.4, -0.2) is 43.0 Å². The molecule has 5 aromatic carbocycles. The van der Waals surface area contributed by atoms with Crippen molar-refractivity contribution in [3.63, 3.8) is 0 Å². The van der Waals surface area contributed by atoms with Gasteiger partial charge >= 0.3 is 25.7 Å². The molecule has 0 bridgehead atoms. The molecule has 0 saturated heterocycles. The Morgan fingerprint density at radius 3 is 1.00 bits per heavy atom. The Balaban J connectivity index is 1.83. The minimum atomic E-state index is -3.53. The highest BCUT2D eigenvalue weighted by molar-refractivity contribution is 7.14. The largest absolute Gasteiger partial charge is 0.440 e. The van der Waals surface area contributed by atoms with Gasteiger partial charge in [0.25, 0.3) is 8.32 Å². The van der Waals surface area contributed by atoms with Crippen molar-refractivity contribution >= 4 is 69.0 Å². The number of rotatable bonds is 13. The maximum Gasteiger partial charge on any atom is 0.388 e. The van der Waals surface area contributed by atoms with Gasteiger partial charge in [-0.2, -0.15) is 0 Å². The Labute approximate surface area is 275 Å². The Hall–Kier alpha value is -2.98. The van der Waals surface area contributed by atoms with E-state index in [1.54, 1.807) is 0 Å². The van der Waals surface area contributed by atoms with Crippen molar-refractivity contribution in [2.75, 3.05) is 0 Å². The molecular formula is C36H44O4Si5. The van der Waals surface area contributed by atoms with E-state index in [9.17, 15) is 0 Å². The summed E-state index contributed by atoms with van der Waals surface area (Å²) in [5.41, 5.74) is 0. The van der Waals surface area contributed by atoms with Crippen molar-refractivity contribution in [2.24, 2.45) is 0 Å². The highest BCUT2D eigenvalue weighted by atomic mass is 28.5. The van der Waals surface area contributed by atoms with Gasteiger partial charge in [0.15, 0.2) is 9.04 Å². The van der Waals surface area contributed by atoms with E-state index in [2.05, 4.69) is 191 Å². The molecule has 9 heteroatoms. The molecule has 45 heavy (non-hydrogen) atoms. The molecule has 0 heterocycles. The predicted octanol–water partition coefficient (Wildman–Crippen LogP) is 5.36. The van der Waals surface area contributed by atoms with Gasteiger partial charge in [-0.1, -0.05) is 152 Å². The van der Waals surface area contributed by atoms with Crippen molar-refractivity contribution in [1.82, 2.24) is 0 Å². The molecule has 0 radical (unpaired) electrons. The molecule has 0 aromatic heterocycles. The van der Waals surface area contributed by atoms with Gasteiger partial charge in [-0.3, -0.25) is 0 Å². The monoisotopic (exact) mass is 680 g/mol. The highest BCUT2D eigenvalue weighted by Gasteiger charge is 2.56. The lowest BCUT2D eigenvalue weighted by molar-refractivity contribution is 0.311. The van der Waals surface area contributed by atoms with E-state index < -0.39 is 43.0 Å². The van der Waals surface area contributed by atoms with Crippen molar-refractivity contribution < 1.29 is 16.5 Å². The SMILES string of the molecule is C[SiH](C)O[Si](C)(C)O[Si](C)(C)O[Si](O[Si](c1ccccc1)(c1ccccc1)c1ccccc1)(c1ccccc1)c1ccccc1. The van der Waals surface area contributed by atoms with Gasteiger partial charge in [-0.15, -0.1) is 0 Å². The maximum atomic E-state index is 8.18. The van der Waals surface area contributed by atoms with Crippen LogP contribution in [0.2, 0.25) is 39.3 Å². The van der Waals surface area contributed by atoms with Crippen LogP contribution in [0, 0.1) is 0 Å². The minimum absolute atomic E-state index is 1.05. The van der Waals surface area contributed by atoms with Crippen LogP contribution >= 0.6 is 0 Å². The third-order valence-corrected chi connectivity index (χ3v) is 26.8. The van der Waals surface area contributed by atoms with Crippen molar-refractivity contribution in [1.29, 1.82) is 0 Å². The molecule has 0 aliphatic rings. The summed E-state index contributed by atoms with van der Waals surface area (Å²) in [6.45, 7) is 13.0. The van der Waals surface area contributed by atoms with E-state index in [1.165, 1.54) is 15.6 Å².